The average molecular weight is 237 g/mol. The Balaban J connectivity index is 2.93. The number of rotatable bonds is 4. The molecule has 0 aromatic heterocycles. The highest BCUT2D eigenvalue weighted by atomic mass is 16.5. The van der Waals surface area contributed by atoms with Crippen molar-refractivity contribution < 1.29 is 19.4 Å². The zero-order valence-electron chi connectivity index (χ0n) is 9.77. The predicted octanol–water partition coefficient (Wildman–Crippen LogP) is 1.87. The average Bonchev–Trinajstić information content (AvgIpc) is 2.28. The van der Waals surface area contributed by atoms with E-state index in [0.717, 1.165) is 11.1 Å². The topological polar surface area (TPSA) is 75.6 Å². The third-order valence-electron chi connectivity index (χ3n) is 2.42. The normalized spacial score (nSPS) is 11.6. The minimum atomic E-state index is -0.977. The number of hydrogen-bond donors (Lipinski definition) is 2. The van der Waals surface area contributed by atoms with Crippen molar-refractivity contribution in [2.75, 3.05) is 7.11 Å². The second kappa shape index (κ2) is 5.89. The van der Waals surface area contributed by atoms with Crippen LogP contribution in [0.15, 0.2) is 24.3 Å². The maximum absolute atomic E-state index is 11.2. The largest absolute Gasteiger partial charge is 0.481 e. The van der Waals surface area contributed by atoms with E-state index in [4.69, 9.17) is 5.11 Å². The van der Waals surface area contributed by atoms with Gasteiger partial charge < -0.3 is 15.2 Å². The van der Waals surface area contributed by atoms with Gasteiger partial charge in [0.05, 0.1) is 19.6 Å². The third kappa shape index (κ3) is 3.79. The van der Waals surface area contributed by atoms with Crippen molar-refractivity contribution >= 4 is 12.1 Å². The quantitative estimate of drug-likeness (QED) is 0.838. The van der Waals surface area contributed by atoms with E-state index in [-0.39, 0.29) is 6.42 Å². The molecule has 17 heavy (non-hydrogen) atoms. The summed E-state index contributed by atoms with van der Waals surface area (Å²) in [6.45, 7) is 1.86. The number of carbonyl (C=O) groups excluding carboxylic acids is 1. The zero-order valence-corrected chi connectivity index (χ0v) is 9.77. The van der Waals surface area contributed by atoms with Crippen LogP contribution in [0.2, 0.25) is 0 Å². The van der Waals surface area contributed by atoms with Gasteiger partial charge in [-0.2, -0.15) is 0 Å². The molecule has 5 heteroatoms. The number of alkyl carbamates (subject to hydrolysis) is 1. The van der Waals surface area contributed by atoms with Crippen molar-refractivity contribution in [2.45, 2.75) is 19.4 Å². The van der Waals surface area contributed by atoms with Crippen LogP contribution < -0.4 is 5.32 Å². The standard InChI is InChI=1S/C12H15NO4/c1-8-5-3-4-6-9(8)10(7-11(14)15)13-12(16)17-2/h3-6,10H,7H2,1-2H3,(H,13,16)(H,14,15)/t10-/m0/s1. The number of nitrogens with one attached hydrogen (secondary N) is 1. The molecule has 0 aliphatic heterocycles. The lowest BCUT2D eigenvalue weighted by molar-refractivity contribution is -0.137. The maximum atomic E-state index is 11.2. The SMILES string of the molecule is COC(=O)N[C@@H](CC(=O)O)c1ccccc1C. The van der Waals surface area contributed by atoms with Crippen molar-refractivity contribution in [1.82, 2.24) is 5.32 Å². The molecule has 0 heterocycles. The van der Waals surface area contributed by atoms with Crippen LogP contribution in [0.25, 0.3) is 0 Å². The van der Waals surface area contributed by atoms with Crippen molar-refractivity contribution in [3.63, 3.8) is 0 Å². The highest BCUT2D eigenvalue weighted by Gasteiger charge is 2.19. The van der Waals surface area contributed by atoms with E-state index in [2.05, 4.69) is 10.1 Å². The van der Waals surface area contributed by atoms with Gasteiger partial charge in [-0.1, -0.05) is 24.3 Å². The lowest BCUT2D eigenvalue weighted by Gasteiger charge is -2.18. The number of benzene rings is 1. The molecule has 1 aromatic rings. The van der Waals surface area contributed by atoms with Crippen LogP contribution in [-0.2, 0) is 9.53 Å². The molecule has 1 aromatic carbocycles. The van der Waals surface area contributed by atoms with E-state index in [0.29, 0.717) is 0 Å². The molecule has 0 radical (unpaired) electrons. The fourth-order valence-electron chi connectivity index (χ4n) is 1.59. The maximum Gasteiger partial charge on any atom is 0.407 e. The van der Waals surface area contributed by atoms with Gasteiger partial charge >= 0.3 is 12.1 Å². The molecule has 0 unspecified atom stereocenters. The molecule has 0 fully saturated rings. The summed E-state index contributed by atoms with van der Waals surface area (Å²) >= 11 is 0. The van der Waals surface area contributed by atoms with Crippen LogP contribution in [0.4, 0.5) is 4.79 Å². The van der Waals surface area contributed by atoms with Crippen LogP contribution >= 0.6 is 0 Å². The van der Waals surface area contributed by atoms with Gasteiger partial charge in [-0.3, -0.25) is 4.79 Å². The van der Waals surface area contributed by atoms with Gasteiger partial charge in [0.15, 0.2) is 0 Å². The molecule has 1 rings (SSSR count). The second-order valence-corrected chi connectivity index (χ2v) is 3.64. The minimum Gasteiger partial charge on any atom is -0.481 e. The Kier molecular flexibility index (Phi) is 4.51. The lowest BCUT2D eigenvalue weighted by Crippen LogP contribution is -2.30. The molecule has 0 bridgehead atoms. The van der Waals surface area contributed by atoms with Gasteiger partial charge in [-0.15, -0.1) is 0 Å². The number of aryl methyl sites for hydroxylation is 1. The molecule has 0 saturated carbocycles. The number of ether oxygens (including phenoxy) is 1. The van der Waals surface area contributed by atoms with E-state index in [1.54, 1.807) is 12.1 Å². The molecule has 92 valence electrons. The van der Waals surface area contributed by atoms with Crippen molar-refractivity contribution in [1.29, 1.82) is 0 Å². The first-order valence-electron chi connectivity index (χ1n) is 5.16. The van der Waals surface area contributed by atoms with Gasteiger partial charge in [0.25, 0.3) is 0 Å². The Morgan fingerprint density at radius 1 is 1.41 bits per heavy atom. The summed E-state index contributed by atoms with van der Waals surface area (Å²) in [6.07, 6.45) is -0.820. The van der Waals surface area contributed by atoms with E-state index in [1.807, 2.05) is 19.1 Å². The highest BCUT2D eigenvalue weighted by molar-refractivity contribution is 5.72. The Morgan fingerprint density at radius 3 is 2.59 bits per heavy atom. The molecule has 1 amide bonds. The molecule has 0 saturated heterocycles. The summed E-state index contributed by atoms with van der Waals surface area (Å²) in [5, 5.41) is 11.3. The first-order chi connectivity index (χ1) is 8.04. The Morgan fingerprint density at radius 2 is 2.06 bits per heavy atom. The van der Waals surface area contributed by atoms with Gasteiger partial charge in [-0.05, 0) is 18.1 Å². The molecule has 5 nitrogen and oxygen atoms in total. The Labute approximate surface area is 99.4 Å². The number of amides is 1. The summed E-state index contributed by atoms with van der Waals surface area (Å²) in [5.74, 6) is -0.977. The number of aliphatic carboxylic acids is 1. The van der Waals surface area contributed by atoms with Crippen LogP contribution in [0, 0.1) is 6.92 Å². The van der Waals surface area contributed by atoms with E-state index in [1.165, 1.54) is 7.11 Å². The first-order valence-corrected chi connectivity index (χ1v) is 5.16. The minimum absolute atomic E-state index is 0.181. The molecule has 0 aliphatic rings. The summed E-state index contributed by atoms with van der Waals surface area (Å²) < 4.78 is 4.48. The molecule has 0 aliphatic carbocycles. The van der Waals surface area contributed by atoms with Crippen molar-refractivity contribution in [2.24, 2.45) is 0 Å². The summed E-state index contributed by atoms with van der Waals surface area (Å²) in [7, 11) is 1.24. The predicted molar refractivity (Wildman–Crippen MR) is 61.7 cm³/mol. The second-order valence-electron chi connectivity index (χ2n) is 3.64. The van der Waals surface area contributed by atoms with Gasteiger partial charge in [0.1, 0.15) is 0 Å². The number of carboxylic acid groups (broad SMARTS) is 1. The zero-order chi connectivity index (χ0) is 12.8. The number of carboxylic acids is 1. The molecule has 2 N–H and O–H groups in total. The number of hydrogen-bond acceptors (Lipinski definition) is 3. The smallest absolute Gasteiger partial charge is 0.407 e. The summed E-state index contributed by atoms with van der Waals surface area (Å²) in [5.41, 5.74) is 1.70. The van der Waals surface area contributed by atoms with Gasteiger partial charge in [0, 0.05) is 0 Å². The summed E-state index contributed by atoms with van der Waals surface area (Å²) in [4.78, 5) is 21.9. The lowest BCUT2D eigenvalue weighted by atomic mass is 9.99. The van der Waals surface area contributed by atoms with E-state index in [9.17, 15) is 9.59 Å². The number of carbonyl (C=O) groups is 2. The molecule has 0 spiro atoms. The van der Waals surface area contributed by atoms with Crippen LogP contribution in [0.1, 0.15) is 23.6 Å². The fraction of sp³-hybridized carbons (Fsp3) is 0.333. The van der Waals surface area contributed by atoms with Gasteiger partial charge in [0.2, 0.25) is 0 Å². The van der Waals surface area contributed by atoms with Crippen LogP contribution in [-0.4, -0.2) is 24.3 Å². The fourth-order valence-corrected chi connectivity index (χ4v) is 1.59. The first kappa shape index (κ1) is 13.0. The van der Waals surface area contributed by atoms with E-state index < -0.39 is 18.1 Å². The third-order valence-corrected chi connectivity index (χ3v) is 2.42. The van der Waals surface area contributed by atoms with E-state index >= 15 is 0 Å². The summed E-state index contributed by atoms with van der Waals surface area (Å²) in [6, 6.07) is 6.73. The Hall–Kier alpha value is -2.04. The van der Waals surface area contributed by atoms with Crippen molar-refractivity contribution in [3.8, 4) is 0 Å². The van der Waals surface area contributed by atoms with Crippen LogP contribution in [0.3, 0.4) is 0 Å². The monoisotopic (exact) mass is 237 g/mol. The highest BCUT2D eigenvalue weighted by Crippen LogP contribution is 2.20. The van der Waals surface area contributed by atoms with Crippen molar-refractivity contribution in [3.05, 3.63) is 35.4 Å². The van der Waals surface area contributed by atoms with Gasteiger partial charge in [-0.25, -0.2) is 4.79 Å². The molecule has 1 atom stereocenters. The Bertz CT molecular complexity index is 417. The van der Waals surface area contributed by atoms with Crippen LogP contribution in [0.5, 0.6) is 0 Å². The molecular formula is C12H15NO4. The molecular weight excluding hydrogens is 222 g/mol. The number of methoxy groups -OCH3 is 1.